The molecule has 0 unspecified atom stereocenters. The SMILES string of the molecule is Cc1ccc(C(=O)O)cc1NC(=O)CC1CCOCC1. The maximum atomic E-state index is 12.0. The Bertz CT molecular complexity index is 507. The zero-order chi connectivity index (χ0) is 14.5. The highest BCUT2D eigenvalue weighted by atomic mass is 16.5. The van der Waals surface area contributed by atoms with Gasteiger partial charge in [0.25, 0.3) is 0 Å². The average Bonchev–Trinajstić information content (AvgIpc) is 2.42. The fourth-order valence-corrected chi connectivity index (χ4v) is 2.30. The van der Waals surface area contributed by atoms with E-state index in [1.165, 1.54) is 12.1 Å². The fourth-order valence-electron chi connectivity index (χ4n) is 2.30. The van der Waals surface area contributed by atoms with Gasteiger partial charge in [-0.1, -0.05) is 6.07 Å². The molecule has 1 heterocycles. The average molecular weight is 277 g/mol. The summed E-state index contributed by atoms with van der Waals surface area (Å²) >= 11 is 0. The van der Waals surface area contributed by atoms with Crippen LogP contribution in [-0.2, 0) is 9.53 Å². The van der Waals surface area contributed by atoms with Crippen LogP contribution >= 0.6 is 0 Å². The fraction of sp³-hybridized carbons (Fsp3) is 0.467. The number of anilines is 1. The summed E-state index contributed by atoms with van der Waals surface area (Å²) in [6, 6.07) is 4.73. The Hall–Kier alpha value is -1.88. The number of carboxylic acids is 1. The van der Waals surface area contributed by atoms with Crippen molar-refractivity contribution in [3.8, 4) is 0 Å². The summed E-state index contributed by atoms with van der Waals surface area (Å²) in [6.07, 6.45) is 2.27. The molecule has 0 aromatic heterocycles. The molecule has 108 valence electrons. The minimum Gasteiger partial charge on any atom is -0.478 e. The Morgan fingerprint density at radius 3 is 2.70 bits per heavy atom. The number of carbonyl (C=O) groups is 2. The molecule has 1 aromatic rings. The van der Waals surface area contributed by atoms with E-state index >= 15 is 0 Å². The molecule has 1 aliphatic rings. The van der Waals surface area contributed by atoms with E-state index in [1.807, 2.05) is 6.92 Å². The number of hydrogen-bond acceptors (Lipinski definition) is 3. The smallest absolute Gasteiger partial charge is 0.335 e. The second-order valence-electron chi connectivity index (χ2n) is 5.14. The molecule has 0 aliphatic carbocycles. The topological polar surface area (TPSA) is 75.6 Å². The lowest BCUT2D eigenvalue weighted by molar-refractivity contribution is -0.117. The molecule has 0 bridgehead atoms. The van der Waals surface area contributed by atoms with Gasteiger partial charge in [0.05, 0.1) is 5.56 Å². The van der Waals surface area contributed by atoms with Crippen molar-refractivity contribution in [1.82, 2.24) is 0 Å². The van der Waals surface area contributed by atoms with Gasteiger partial charge in [0.2, 0.25) is 5.91 Å². The van der Waals surface area contributed by atoms with Crippen LogP contribution in [0, 0.1) is 12.8 Å². The molecule has 1 saturated heterocycles. The summed E-state index contributed by atoms with van der Waals surface area (Å²) < 4.78 is 5.26. The van der Waals surface area contributed by atoms with Gasteiger partial charge in [0.1, 0.15) is 0 Å². The zero-order valence-electron chi connectivity index (χ0n) is 11.5. The third kappa shape index (κ3) is 3.81. The number of aromatic carboxylic acids is 1. The second-order valence-corrected chi connectivity index (χ2v) is 5.14. The molecule has 20 heavy (non-hydrogen) atoms. The van der Waals surface area contributed by atoms with E-state index in [1.54, 1.807) is 6.07 Å². The van der Waals surface area contributed by atoms with Crippen molar-refractivity contribution in [1.29, 1.82) is 0 Å². The van der Waals surface area contributed by atoms with Gasteiger partial charge in [-0.2, -0.15) is 0 Å². The van der Waals surface area contributed by atoms with Gasteiger partial charge in [-0.3, -0.25) is 4.79 Å². The molecule has 2 N–H and O–H groups in total. The molecular weight excluding hydrogens is 258 g/mol. The lowest BCUT2D eigenvalue weighted by atomic mass is 9.96. The first-order valence-electron chi connectivity index (χ1n) is 6.78. The van der Waals surface area contributed by atoms with Crippen LogP contribution < -0.4 is 5.32 Å². The van der Waals surface area contributed by atoms with Crippen molar-refractivity contribution in [2.75, 3.05) is 18.5 Å². The van der Waals surface area contributed by atoms with Gasteiger partial charge in [-0.25, -0.2) is 4.79 Å². The van der Waals surface area contributed by atoms with Crippen molar-refractivity contribution >= 4 is 17.6 Å². The Balaban J connectivity index is 1.99. The maximum absolute atomic E-state index is 12.0. The quantitative estimate of drug-likeness (QED) is 0.886. The number of aryl methyl sites for hydroxylation is 1. The van der Waals surface area contributed by atoms with E-state index < -0.39 is 5.97 Å². The van der Waals surface area contributed by atoms with Crippen LogP contribution in [0.15, 0.2) is 18.2 Å². The Kier molecular flexibility index (Phi) is 4.74. The highest BCUT2D eigenvalue weighted by molar-refractivity contribution is 5.94. The predicted molar refractivity (Wildman–Crippen MR) is 74.9 cm³/mol. The predicted octanol–water partition coefficient (Wildman–Crippen LogP) is 2.45. The molecule has 1 aromatic carbocycles. The van der Waals surface area contributed by atoms with Crippen LogP contribution in [0.4, 0.5) is 5.69 Å². The molecule has 1 aliphatic heterocycles. The summed E-state index contributed by atoms with van der Waals surface area (Å²) in [5.41, 5.74) is 1.61. The summed E-state index contributed by atoms with van der Waals surface area (Å²) in [7, 11) is 0. The first-order valence-corrected chi connectivity index (χ1v) is 6.78. The molecule has 0 saturated carbocycles. The highest BCUT2D eigenvalue weighted by Crippen LogP contribution is 2.21. The number of carbonyl (C=O) groups excluding carboxylic acids is 1. The van der Waals surface area contributed by atoms with Crippen LogP contribution in [0.5, 0.6) is 0 Å². The molecular formula is C15H19NO4. The number of nitrogens with one attached hydrogen (secondary N) is 1. The number of benzene rings is 1. The summed E-state index contributed by atoms with van der Waals surface area (Å²) in [5.74, 6) is -0.709. The Morgan fingerprint density at radius 1 is 1.35 bits per heavy atom. The number of rotatable bonds is 4. The monoisotopic (exact) mass is 277 g/mol. The Morgan fingerprint density at radius 2 is 2.05 bits per heavy atom. The summed E-state index contributed by atoms with van der Waals surface area (Å²) in [5, 5.41) is 11.8. The molecule has 1 fully saturated rings. The van der Waals surface area contributed by atoms with E-state index in [0.717, 1.165) is 18.4 Å². The Labute approximate surface area is 117 Å². The molecule has 0 atom stereocenters. The van der Waals surface area contributed by atoms with Crippen LogP contribution in [0.3, 0.4) is 0 Å². The molecule has 2 rings (SSSR count). The van der Waals surface area contributed by atoms with Gasteiger partial charge in [0.15, 0.2) is 0 Å². The van der Waals surface area contributed by atoms with Gasteiger partial charge in [-0.05, 0) is 43.4 Å². The summed E-state index contributed by atoms with van der Waals surface area (Å²) in [4.78, 5) is 23.0. The largest absolute Gasteiger partial charge is 0.478 e. The van der Waals surface area contributed by atoms with Gasteiger partial charge < -0.3 is 15.2 Å². The standard InChI is InChI=1S/C15H19NO4/c1-10-2-3-12(15(18)19)9-13(10)16-14(17)8-11-4-6-20-7-5-11/h2-3,9,11H,4-8H2,1H3,(H,16,17)(H,18,19). The third-order valence-electron chi connectivity index (χ3n) is 3.57. The number of hydrogen-bond donors (Lipinski definition) is 2. The van der Waals surface area contributed by atoms with Gasteiger partial charge in [0, 0.05) is 25.3 Å². The molecule has 0 spiro atoms. The van der Waals surface area contributed by atoms with Crippen molar-refractivity contribution in [3.05, 3.63) is 29.3 Å². The van der Waals surface area contributed by atoms with Crippen LogP contribution in [0.2, 0.25) is 0 Å². The summed E-state index contributed by atoms with van der Waals surface area (Å²) in [6.45, 7) is 3.27. The lowest BCUT2D eigenvalue weighted by Crippen LogP contribution is -2.22. The van der Waals surface area contributed by atoms with Crippen molar-refractivity contribution in [2.45, 2.75) is 26.2 Å². The first kappa shape index (κ1) is 14.5. The maximum Gasteiger partial charge on any atom is 0.335 e. The van der Waals surface area contributed by atoms with E-state index in [-0.39, 0.29) is 11.5 Å². The molecule has 1 amide bonds. The van der Waals surface area contributed by atoms with Crippen LogP contribution in [-0.4, -0.2) is 30.2 Å². The van der Waals surface area contributed by atoms with E-state index in [4.69, 9.17) is 9.84 Å². The second kappa shape index (κ2) is 6.52. The van der Waals surface area contributed by atoms with E-state index in [2.05, 4.69) is 5.32 Å². The van der Waals surface area contributed by atoms with Crippen LogP contribution in [0.25, 0.3) is 0 Å². The minimum atomic E-state index is -0.995. The van der Waals surface area contributed by atoms with Crippen LogP contribution in [0.1, 0.15) is 35.2 Å². The normalized spacial score (nSPS) is 15.8. The molecule has 5 heteroatoms. The molecule has 5 nitrogen and oxygen atoms in total. The lowest BCUT2D eigenvalue weighted by Gasteiger charge is -2.21. The number of ether oxygens (including phenoxy) is 1. The zero-order valence-corrected chi connectivity index (χ0v) is 11.5. The third-order valence-corrected chi connectivity index (χ3v) is 3.57. The minimum absolute atomic E-state index is 0.0671. The van der Waals surface area contributed by atoms with Gasteiger partial charge >= 0.3 is 5.97 Å². The first-order chi connectivity index (χ1) is 9.56. The highest BCUT2D eigenvalue weighted by Gasteiger charge is 2.18. The number of amides is 1. The van der Waals surface area contributed by atoms with Crippen molar-refractivity contribution in [3.63, 3.8) is 0 Å². The van der Waals surface area contributed by atoms with E-state index in [0.29, 0.717) is 31.2 Å². The van der Waals surface area contributed by atoms with Gasteiger partial charge in [-0.15, -0.1) is 0 Å². The number of carboxylic acid groups (broad SMARTS) is 1. The van der Waals surface area contributed by atoms with Crippen molar-refractivity contribution < 1.29 is 19.4 Å². The van der Waals surface area contributed by atoms with E-state index in [9.17, 15) is 9.59 Å². The van der Waals surface area contributed by atoms with Crippen molar-refractivity contribution in [2.24, 2.45) is 5.92 Å². The molecule has 0 radical (unpaired) electrons.